The van der Waals surface area contributed by atoms with Gasteiger partial charge in [-0.2, -0.15) is 0 Å². The molecule has 1 fully saturated rings. The van der Waals surface area contributed by atoms with E-state index in [4.69, 9.17) is 25.8 Å². The SMILES string of the molecule is Cc1cc(Cl)ccc1C1=C(OC(=O)N(C)C)C2(COC(C)(C)OC2)NC1=O. The van der Waals surface area contributed by atoms with E-state index in [9.17, 15) is 9.59 Å². The summed E-state index contributed by atoms with van der Waals surface area (Å²) in [4.78, 5) is 26.5. The predicted molar refractivity (Wildman–Crippen MR) is 100 cm³/mol. The quantitative estimate of drug-likeness (QED) is 0.834. The first-order chi connectivity index (χ1) is 12.5. The second-order valence-corrected chi connectivity index (χ2v) is 7.88. The number of benzene rings is 1. The van der Waals surface area contributed by atoms with E-state index >= 15 is 0 Å². The molecule has 7 nitrogen and oxygen atoms in total. The van der Waals surface area contributed by atoms with Gasteiger partial charge >= 0.3 is 6.09 Å². The molecule has 1 N–H and O–H groups in total. The molecule has 8 heteroatoms. The van der Waals surface area contributed by atoms with Gasteiger partial charge in [0.2, 0.25) is 0 Å². The van der Waals surface area contributed by atoms with Crippen LogP contribution in [-0.4, -0.2) is 55.5 Å². The molecule has 146 valence electrons. The molecule has 2 aliphatic rings. The Labute approximate surface area is 163 Å². The molecule has 2 heterocycles. The Morgan fingerprint density at radius 2 is 1.89 bits per heavy atom. The lowest BCUT2D eigenvalue weighted by atomic mass is 9.94. The molecule has 27 heavy (non-hydrogen) atoms. The first kappa shape index (κ1) is 19.7. The van der Waals surface area contributed by atoms with Gasteiger partial charge in [-0.1, -0.05) is 17.7 Å². The number of ether oxygens (including phenoxy) is 3. The Balaban J connectivity index is 2.12. The van der Waals surface area contributed by atoms with Gasteiger partial charge in [0.05, 0.1) is 18.8 Å². The van der Waals surface area contributed by atoms with E-state index in [2.05, 4.69) is 5.32 Å². The van der Waals surface area contributed by atoms with E-state index < -0.39 is 17.4 Å². The Hall–Kier alpha value is -2.09. The first-order valence-electron chi connectivity index (χ1n) is 8.55. The molecular formula is C19H23ClN2O5. The van der Waals surface area contributed by atoms with Gasteiger partial charge in [0, 0.05) is 19.1 Å². The van der Waals surface area contributed by atoms with Crippen molar-refractivity contribution in [2.45, 2.75) is 32.1 Å². The van der Waals surface area contributed by atoms with Gasteiger partial charge in [-0.05, 0) is 44.0 Å². The molecule has 1 aromatic rings. The summed E-state index contributed by atoms with van der Waals surface area (Å²) in [5.41, 5.74) is 0.646. The van der Waals surface area contributed by atoms with Crippen LogP contribution in [0.2, 0.25) is 5.02 Å². The fourth-order valence-corrected chi connectivity index (χ4v) is 3.27. The van der Waals surface area contributed by atoms with E-state index in [1.54, 1.807) is 46.1 Å². The van der Waals surface area contributed by atoms with Crippen LogP contribution in [0.1, 0.15) is 25.0 Å². The average Bonchev–Trinajstić information content (AvgIpc) is 2.83. The van der Waals surface area contributed by atoms with Crippen LogP contribution in [0.4, 0.5) is 4.79 Å². The molecule has 1 aromatic carbocycles. The summed E-state index contributed by atoms with van der Waals surface area (Å²) in [6.07, 6.45) is -0.588. The minimum atomic E-state index is -1.07. The second kappa shape index (κ2) is 6.82. The molecule has 2 aliphatic heterocycles. The lowest BCUT2D eigenvalue weighted by Crippen LogP contribution is -2.59. The van der Waals surface area contributed by atoms with Crippen molar-refractivity contribution in [3.8, 4) is 0 Å². The number of nitrogens with zero attached hydrogens (tertiary/aromatic N) is 1. The average molecular weight is 395 g/mol. The first-order valence-corrected chi connectivity index (χ1v) is 8.93. The maximum atomic E-state index is 12.9. The number of carbonyl (C=O) groups is 2. The number of aryl methyl sites for hydroxylation is 1. The number of nitrogens with one attached hydrogen (secondary N) is 1. The number of carbonyl (C=O) groups excluding carboxylic acids is 2. The maximum absolute atomic E-state index is 12.9. The predicted octanol–water partition coefficient (Wildman–Crippen LogP) is 2.71. The molecule has 0 radical (unpaired) electrons. The zero-order valence-corrected chi connectivity index (χ0v) is 16.8. The molecule has 1 saturated heterocycles. The smallest absolute Gasteiger partial charge is 0.411 e. The third-order valence-corrected chi connectivity index (χ3v) is 4.82. The Morgan fingerprint density at radius 3 is 2.44 bits per heavy atom. The van der Waals surface area contributed by atoms with E-state index in [0.29, 0.717) is 10.6 Å². The van der Waals surface area contributed by atoms with E-state index in [-0.39, 0.29) is 30.5 Å². The van der Waals surface area contributed by atoms with Crippen LogP contribution in [-0.2, 0) is 19.0 Å². The number of rotatable bonds is 2. The molecule has 2 amide bonds. The van der Waals surface area contributed by atoms with Crippen molar-refractivity contribution in [2.24, 2.45) is 0 Å². The summed E-state index contributed by atoms with van der Waals surface area (Å²) in [7, 11) is 3.15. The molecule has 0 unspecified atom stereocenters. The summed E-state index contributed by atoms with van der Waals surface area (Å²) in [5, 5.41) is 3.46. The number of hydrogen-bond donors (Lipinski definition) is 1. The highest BCUT2D eigenvalue weighted by atomic mass is 35.5. The lowest BCUT2D eigenvalue weighted by molar-refractivity contribution is -0.267. The van der Waals surface area contributed by atoms with E-state index in [0.717, 1.165) is 5.56 Å². The Kier molecular flexibility index (Phi) is 4.96. The highest BCUT2D eigenvalue weighted by Gasteiger charge is 2.53. The standard InChI is InChI=1S/C19H23ClN2O5/c1-11-8-12(20)6-7-13(11)14-15(27-17(24)22(4)5)19(21-16(14)23)9-25-18(2,3)26-10-19/h6-8H,9-10H2,1-5H3,(H,21,23). The number of amides is 2. The molecule has 1 spiro atoms. The summed E-state index contributed by atoms with van der Waals surface area (Å²) >= 11 is 6.05. The van der Waals surface area contributed by atoms with Crippen LogP contribution >= 0.6 is 11.6 Å². The minimum absolute atomic E-state index is 0.123. The normalized spacial score (nSPS) is 20.6. The summed E-state index contributed by atoms with van der Waals surface area (Å²) in [6.45, 7) is 5.66. The van der Waals surface area contributed by atoms with Crippen molar-refractivity contribution in [3.05, 3.63) is 40.1 Å². The van der Waals surface area contributed by atoms with Crippen LogP contribution in [0.5, 0.6) is 0 Å². The van der Waals surface area contributed by atoms with Gasteiger partial charge in [-0.25, -0.2) is 4.79 Å². The van der Waals surface area contributed by atoms with Crippen molar-refractivity contribution in [1.82, 2.24) is 10.2 Å². The second-order valence-electron chi connectivity index (χ2n) is 7.44. The zero-order valence-electron chi connectivity index (χ0n) is 16.0. The Bertz CT molecular complexity index is 821. The monoisotopic (exact) mass is 394 g/mol. The van der Waals surface area contributed by atoms with Crippen molar-refractivity contribution < 1.29 is 23.8 Å². The molecule has 3 rings (SSSR count). The van der Waals surface area contributed by atoms with Gasteiger partial charge in [0.15, 0.2) is 11.5 Å². The fourth-order valence-electron chi connectivity index (χ4n) is 3.04. The zero-order chi connectivity index (χ0) is 20.0. The van der Waals surface area contributed by atoms with Crippen LogP contribution in [0, 0.1) is 6.92 Å². The molecular weight excluding hydrogens is 372 g/mol. The molecule has 0 atom stereocenters. The third kappa shape index (κ3) is 3.67. The van der Waals surface area contributed by atoms with Crippen LogP contribution in [0.3, 0.4) is 0 Å². The largest absolute Gasteiger partial charge is 0.414 e. The maximum Gasteiger partial charge on any atom is 0.414 e. The van der Waals surface area contributed by atoms with E-state index in [1.165, 1.54) is 4.90 Å². The Morgan fingerprint density at radius 1 is 1.26 bits per heavy atom. The van der Waals surface area contributed by atoms with Gasteiger partial charge in [-0.3, -0.25) is 4.79 Å². The summed E-state index contributed by atoms with van der Waals surface area (Å²) in [6, 6.07) is 5.19. The van der Waals surface area contributed by atoms with Crippen LogP contribution < -0.4 is 5.32 Å². The van der Waals surface area contributed by atoms with Gasteiger partial charge < -0.3 is 24.4 Å². The number of hydrogen-bond acceptors (Lipinski definition) is 5. The topological polar surface area (TPSA) is 77.1 Å². The molecule has 0 aromatic heterocycles. The summed E-state index contributed by atoms with van der Waals surface area (Å²) < 4.78 is 17.2. The van der Waals surface area contributed by atoms with Crippen LogP contribution in [0.15, 0.2) is 24.0 Å². The van der Waals surface area contributed by atoms with Crippen molar-refractivity contribution >= 4 is 29.2 Å². The van der Waals surface area contributed by atoms with Gasteiger partial charge in [0.25, 0.3) is 5.91 Å². The van der Waals surface area contributed by atoms with Gasteiger partial charge in [0.1, 0.15) is 5.54 Å². The lowest BCUT2D eigenvalue weighted by Gasteiger charge is -2.41. The van der Waals surface area contributed by atoms with Crippen LogP contribution in [0.25, 0.3) is 5.57 Å². The van der Waals surface area contributed by atoms with Crippen molar-refractivity contribution in [1.29, 1.82) is 0 Å². The molecule has 0 bridgehead atoms. The van der Waals surface area contributed by atoms with E-state index in [1.807, 2.05) is 6.92 Å². The third-order valence-electron chi connectivity index (χ3n) is 4.59. The minimum Gasteiger partial charge on any atom is -0.411 e. The molecule has 0 saturated carbocycles. The van der Waals surface area contributed by atoms with Gasteiger partial charge in [-0.15, -0.1) is 0 Å². The highest BCUT2D eigenvalue weighted by Crippen LogP contribution is 2.40. The molecule has 0 aliphatic carbocycles. The fraction of sp³-hybridized carbons (Fsp3) is 0.474. The number of halogens is 1. The van der Waals surface area contributed by atoms with Crippen molar-refractivity contribution in [2.75, 3.05) is 27.3 Å². The summed E-state index contributed by atoms with van der Waals surface area (Å²) in [5.74, 6) is -0.938. The van der Waals surface area contributed by atoms with Crippen molar-refractivity contribution in [3.63, 3.8) is 0 Å². The highest BCUT2D eigenvalue weighted by molar-refractivity contribution is 6.31.